The van der Waals surface area contributed by atoms with Crippen molar-refractivity contribution in [3.8, 4) is 0 Å². The fraction of sp³-hybridized carbons (Fsp3) is 0.273. The number of carbonyl (C=O) groups excluding carboxylic acids is 1. The van der Waals surface area contributed by atoms with Gasteiger partial charge in [-0.1, -0.05) is 35.5 Å². The maximum absolute atomic E-state index is 13.1. The second kappa shape index (κ2) is 6.66. The van der Waals surface area contributed by atoms with Crippen molar-refractivity contribution in [3.63, 3.8) is 0 Å². The molecule has 0 aliphatic rings. The molecular weight excluding hydrogens is 249 g/mol. The molecule has 1 heterocycles. The first-order chi connectivity index (χ1) is 7.59. The topological polar surface area (TPSA) is 30.0 Å². The largest absolute Gasteiger partial charge is 0.288 e. The minimum atomic E-state index is -0.542. The number of aromatic nitrogens is 1. The predicted molar refractivity (Wildman–Crippen MR) is 66.0 cm³/mol. The average Bonchev–Trinajstić information content (AvgIpc) is 2.22. The highest BCUT2D eigenvalue weighted by atomic mass is 35.5. The lowest BCUT2D eigenvalue weighted by Crippen LogP contribution is -1.87. The Morgan fingerprint density at radius 1 is 1.69 bits per heavy atom. The molecule has 1 rings (SSSR count). The monoisotopic (exact) mass is 259 g/mol. The van der Waals surface area contributed by atoms with Gasteiger partial charge in [0.15, 0.2) is 5.12 Å². The highest BCUT2D eigenvalue weighted by Crippen LogP contribution is 2.14. The van der Waals surface area contributed by atoms with E-state index in [4.69, 9.17) is 11.6 Å². The van der Waals surface area contributed by atoms with E-state index in [1.165, 1.54) is 30.9 Å². The van der Waals surface area contributed by atoms with Crippen molar-refractivity contribution in [2.24, 2.45) is 0 Å². The standard InChI is InChI=1S/C11H11ClFNOS/c1-8(15)16-5-3-2-4-9-6-10(12)7-14-11(9)13/h2,4,6-7H,3,5H2,1H3. The molecule has 0 atom stereocenters. The van der Waals surface area contributed by atoms with Crippen LogP contribution in [0.25, 0.3) is 6.08 Å². The van der Waals surface area contributed by atoms with Crippen LogP contribution in [0.4, 0.5) is 4.39 Å². The molecule has 86 valence electrons. The molecule has 0 aromatic carbocycles. The van der Waals surface area contributed by atoms with Crippen LogP contribution in [-0.2, 0) is 4.79 Å². The Balaban J connectivity index is 2.49. The molecular formula is C11H11ClFNOS. The summed E-state index contributed by atoms with van der Waals surface area (Å²) in [7, 11) is 0. The van der Waals surface area contributed by atoms with E-state index in [2.05, 4.69) is 4.98 Å². The third-order valence-electron chi connectivity index (χ3n) is 1.72. The lowest BCUT2D eigenvalue weighted by molar-refractivity contribution is -0.109. The van der Waals surface area contributed by atoms with Crippen LogP contribution in [0.5, 0.6) is 0 Å². The molecule has 0 spiro atoms. The third kappa shape index (κ3) is 4.77. The first kappa shape index (κ1) is 13.2. The van der Waals surface area contributed by atoms with Gasteiger partial charge in [0, 0.05) is 24.4 Å². The van der Waals surface area contributed by atoms with Gasteiger partial charge in [-0.25, -0.2) is 4.98 Å². The fourth-order valence-corrected chi connectivity index (χ4v) is 1.74. The molecule has 16 heavy (non-hydrogen) atoms. The SMILES string of the molecule is CC(=O)SCCC=Cc1cc(Cl)cnc1F. The van der Waals surface area contributed by atoms with Crippen LogP contribution in [0.3, 0.4) is 0 Å². The van der Waals surface area contributed by atoms with Gasteiger partial charge in [0.1, 0.15) is 0 Å². The third-order valence-corrected chi connectivity index (χ3v) is 2.77. The summed E-state index contributed by atoms with van der Waals surface area (Å²) in [6.07, 6.45) is 5.39. The summed E-state index contributed by atoms with van der Waals surface area (Å²) >= 11 is 6.93. The smallest absolute Gasteiger partial charge is 0.220 e. The summed E-state index contributed by atoms with van der Waals surface area (Å²) in [4.78, 5) is 14.1. The second-order valence-electron chi connectivity index (χ2n) is 3.06. The van der Waals surface area contributed by atoms with E-state index in [1.54, 1.807) is 12.2 Å². The van der Waals surface area contributed by atoms with Gasteiger partial charge < -0.3 is 0 Å². The summed E-state index contributed by atoms with van der Waals surface area (Å²) in [5.41, 5.74) is 0.361. The number of pyridine rings is 1. The molecule has 0 fully saturated rings. The number of thioether (sulfide) groups is 1. The van der Waals surface area contributed by atoms with Gasteiger partial charge in [-0.2, -0.15) is 4.39 Å². The van der Waals surface area contributed by atoms with Gasteiger partial charge >= 0.3 is 0 Å². The normalized spacial score (nSPS) is 10.9. The number of hydrogen-bond donors (Lipinski definition) is 0. The predicted octanol–water partition coefficient (Wildman–Crippen LogP) is 3.56. The molecule has 5 heteroatoms. The Hall–Kier alpha value is -0.870. The van der Waals surface area contributed by atoms with Crippen LogP contribution < -0.4 is 0 Å². The van der Waals surface area contributed by atoms with Crippen LogP contribution in [0.15, 0.2) is 18.3 Å². The molecule has 0 saturated carbocycles. The van der Waals surface area contributed by atoms with Crippen molar-refractivity contribution in [1.82, 2.24) is 4.98 Å². The van der Waals surface area contributed by atoms with Gasteiger partial charge in [0.25, 0.3) is 0 Å². The number of carbonyl (C=O) groups is 1. The Kier molecular flexibility index (Phi) is 5.49. The van der Waals surface area contributed by atoms with Crippen molar-refractivity contribution in [2.45, 2.75) is 13.3 Å². The molecule has 0 radical (unpaired) electrons. The molecule has 1 aromatic heterocycles. The lowest BCUT2D eigenvalue weighted by Gasteiger charge is -1.96. The number of halogens is 2. The van der Waals surface area contributed by atoms with Crippen LogP contribution in [0.2, 0.25) is 5.02 Å². The highest BCUT2D eigenvalue weighted by Gasteiger charge is 2.00. The van der Waals surface area contributed by atoms with E-state index in [1.807, 2.05) is 0 Å². The Morgan fingerprint density at radius 3 is 3.12 bits per heavy atom. The zero-order valence-electron chi connectivity index (χ0n) is 8.74. The van der Waals surface area contributed by atoms with E-state index >= 15 is 0 Å². The quantitative estimate of drug-likeness (QED) is 0.612. The lowest BCUT2D eigenvalue weighted by atomic mass is 10.2. The Bertz CT molecular complexity index is 409. The number of nitrogens with zero attached hydrogens (tertiary/aromatic N) is 1. The minimum Gasteiger partial charge on any atom is -0.288 e. The molecule has 0 aliphatic heterocycles. The van der Waals surface area contributed by atoms with Gasteiger partial charge in [-0.15, -0.1) is 0 Å². The zero-order chi connectivity index (χ0) is 12.0. The molecule has 0 saturated heterocycles. The van der Waals surface area contributed by atoms with Crippen molar-refractivity contribution in [2.75, 3.05) is 5.75 Å². The summed E-state index contributed by atoms with van der Waals surface area (Å²) < 4.78 is 13.1. The maximum atomic E-state index is 13.1. The van der Waals surface area contributed by atoms with Crippen LogP contribution in [0, 0.1) is 5.95 Å². The number of allylic oxidation sites excluding steroid dienone is 1. The summed E-state index contributed by atoms with van der Waals surface area (Å²) in [6, 6.07) is 1.51. The van der Waals surface area contributed by atoms with Gasteiger partial charge in [-0.3, -0.25) is 4.79 Å². The van der Waals surface area contributed by atoms with Crippen LogP contribution in [-0.4, -0.2) is 15.9 Å². The maximum Gasteiger partial charge on any atom is 0.220 e. The molecule has 0 bridgehead atoms. The summed E-state index contributed by atoms with van der Waals surface area (Å²) in [5.74, 6) is 0.154. The molecule has 1 aromatic rings. The van der Waals surface area contributed by atoms with Gasteiger partial charge in [0.2, 0.25) is 5.95 Å². The minimum absolute atomic E-state index is 0.0870. The van der Waals surface area contributed by atoms with E-state index in [0.29, 0.717) is 22.8 Å². The van der Waals surface area contributed by atoms with Crippen molar-refractivity contribution in [3.05, 3.63) is 34.9 Å². The van der Waals surface area contributed by atoms with E-state index in [-0.39, 0.29) is 5.12 Å². The molecule has 2 nitrogen and oxygen atoms in total. The zero-order valence-corrected chi connectivity index (χ0v) is 10.3. The first-order valence-corrected chi connectivity index (χ1v) is 6.07. The molecule has 0 N–H and O–H groups in total. The number of hydrogen-bond acceptors (Lipinski definition) is 3. The molecule has 0 amide bonds. The van der Waals surface area contributed by atoms with E-state index in [0.717, 1.165) is 0 Å². The average molecular weight is 260 g/mol. The molecule has 0 unspecified atom stereocenters. The van der Waals surface area contributed by atoms with Crippen LogP contribution >= 0.6 is 23.4 Å². The van der Waals surface area contributed by atoms with E-state index < -0.39 is 5.95 Å². The van der Waals surface area contributed by atoms with Crippen molar-refractivity contribution >= 4 is 34.6 Å². The van der Waals surface area contributed by atoms with Gasteiger partial charge in [0.05, 0.1) is 5.02 Å². The molecule has 0 aliphatic carbocycles. The van der Waals surface area contributed by atoms with Crippen molar-refractivity contribution in [1.29, 1.82) is 0 Å². The first-order valence-electron chi connectivity index (χ1n) is 4.70. The highest BCUT2D eigenvalue weighted by molar-refractivity contribution is 8.13. The van der Waals surface area contributed by atoms with Crippen LogP contribution in [0.1, 0.15) is 18.9 Å². The Labute approximate surface area is 103 Å². The van der Waals surface area contributed by atoms with Gasteiger partial charge in [-0.05, 0) is 12.5 Å². The summed E-state index contributed by atoms with van der Waals surface area (Å²) in [6.45, 7) is 1.52. The van der Waals surface area contributed by atoms with Crippen molar-refractivity contribution < 1.29 is 9.18 Å². The second-order valence-corrected chi connectivity index (χ2v) is 4.77. The number of rotatable bonds is 4. The summed E-state index contributed by atoms with van der Waals surface area (Å²) in [5, 5.41) is 0.489. The Morgan fingerprint density at radius 2 is 2.44 bits per heavy atom. The van der Waals surface area contributed by atoms with E-state index in [9.17, 15) is 9.18 Å². The fourth-order valence-electron chi connectivity index (χ4n) is 1.04.